The highest BCUT2D eigenvalue weighted by Crippen LogP contribution is 2.34. The molecule has 0 saturated carbocycles. The summed E-state index contributed by atoms with van der Waals surface area (Å²) >= 11 is 0. The van der Waals surface area contributed by atoms with Crippen LogP contribution in [-0.2, 0) is 4.74 Å². The zero-order valence-corrected chi connectivity index (χ0v) is 11.9. The number of aliphatic hydroxyl groups excluding tert-OH is 1. The maximum Gasteiger partial charge on any atom is 0.0499 e. The molecule has 0 unspecified atom stereocenters. The van der Waals surface area contributed by atoms with Crippen LogP contribution < -0.4 is 0 Å². The molecule has 0 bridgehead atoms. The zero-order valence-electron chi connectivity index (χ0n) is 11.9. The summed E-state index contributed by atoms with van der Waals surface area (Å²) in [6.45, 7) is 8.03. The first-order chi connectivity index (χ1) is 8.78. The highest BCUT2D eigenvalue weighted by molar-refractivity contribution is 4.87. The predicted octanol–water partition coefficient (Wildman–Crippen LogP) is 2.29. The van der Waals surface area contributed by atoms with Gasteiger partial charge in [-0.15, -0.1) is 0 Å². The molecular formula is C15H29NO2. The Morgan fingerprint density at radius 1 is 1.33 bits per heavy atom. The van der Waals surface area contributed by atoms with Gasteiger partial charge in [-0.1, -0.05) is 13.3 Å². The number of nitrogens with zero attached hydrogens (tertiary/aromatic N) is 1. The number of rotatable bonds is 5. The smallest absolute Gasteiger partial charge is 0.0499 e. The first kappa shape index (κ1) is 14.3. The molecule has 3 heteroatoms. The van der Waals surface area contributed by atoms with Crippen molar-refractivity contribution < 1.29 is 9.84 Å². The van der Waals surface area contributed by atoms with E-state index in [1.54, 1.807) is 0 Å². The molecule has 2 saturated heterocycles. The number of hydrogen-bond acceptors (Lipinski definition) is 3. The maximum absolute atomic E-state index is 9.75. The van der Waals surface area contributed by atoms with Crippen LogP contribution in [0.3, 0.4) is 0 Å². The second kappa shape index (κ2) is 6.88. The van der Waals surface area contributed by atoms with Gasteiger partial charge in [-0.3, -0.25) is 0 Å². The number of ether oxygens (including phenoxy) is 1. The zero-order chi connectivity index (χ0) is 12.8. The third kappa shape index (κ3) is 3.69. The summed E-state index contributed by atoms with van der Waals surface area (Å²) in [5.41, 5.74) is 0.193. The quantitative estimate of drug-likeness (QED) is 0.818. The first-order valence-corrected chi connectivity index (χ1v) is 7.69. The van der Waals surface area contributed by atoms with Gasteiger partial charge >= 0.3 is 0 Å². The van der Waals surface area contributed by atoms with Crippen molar-refractivity contribution in [3.05, 3.63) is 0 Å². The molecule has 0 radical (unpaired) electrons. The largest absolute Gasteiger partial charge is 0.396 e. The maximum atomic E-state index is 9.75. The van der Waals surface area contributed by atoms with Crippen LogP contribution in [0.25, 0.3) is 0 Å². The molecule has 0 aromatic heterocycles. The van der Waals surface area contributed by atoms with Gasteiger partial charge in [0.05, 0.1) is 0 Å². The van der Waals surface area contributed by atoms with Crippen molar-refractivity contribution in [1.82, 2.24) is 4.90 Å². The van der Waals surface area contributed by atoms with Gasteiger partial charge in [-0.25, -0.2) is 0 Å². The molecule has 0 aromatic rings. The SMILES string of the molecule is CCC[C@@]1(CO)CCCN(CC2CCOCC2)C1. The average Bonchev–Trinajstić information content (AvgIpc) is 2.41. The minimum absolute atomic E-state index is 0.193. The normalized spacial score (nSPS) is 31.7. The lowest BCUT2D eigenvalue weighted by atomic mass is 9.76. The lowest BCUT2D eigenvalue weighted by Gasteiger charge is -2.43. The molecule has 0 spiro atoms. The fourth-order valence-corrected chi connectivity index (χ4v) is 3.70. The molecule has 1 atom stereocenters. The number of hydrogen-bond donors (Lipinski definition) is 1. The van der Waals surface area contributed by atoms with Crippen LogP contribution in [0, 0.1) is 11.3 Å². The molecule has 2 heterocycles. The molecule has 0 aliphatic carbocycles. The lowest BCUT2D eigenvalue weighted by Crippen LogP contribution is -2.47. The van der Waals surface area contributed by atoms with E-state index < -0.39 is 0 Å². The second-order valence-corrected chi connectivity index (χ2v) is 6.30. The molecule has 2 rings (SSSR count). The molecule has 0 aromatic carbocycles. The molecule has 1 N–H and O–H groups in total. The summed E-state index contributed by atoms with van der Waals surface area (Å²) in [6, 6.07) is 0. The number of piperidine rings is 1. The second-order valence-electron chi connectivity index (χ2n) is 6.30. The summed E-state index contributed by atoms with van der Waals surface area (Å²) < 4.78 is 5.43. The third-order valence-electron chi connectivity index (χ3n) is 4.71. The fourth-order valence-electron chi connectivity index (χ4n) is 3.70. The van der Waals surface area contributed by atoms with E-state index in [4.69, 9.17) is 4.74 Å². The summed E-state index contributed by atoms with van der Waals surface area (Å²) in [5.74, 6) is 0.815. The standard InChI is InChI=1S/C15H29NO2/c1-2-6-15(13-17)7-3-8-16(12-15)11-14-4-9-18-10-5-14/h14,17H,2-13H2,1H3/t15-/m1/s1. The van der Waals surface area contributed by atoms with E-state index in [2.05, 4.69) is 11.8 Å². The van der Waals surface area contributed by atoms with Crippen LogP contribution in [0.4, 0.5) is 0 Å². The Morgan fingerprint density at radius 3 is 2.78 bits per heavy atom. The van der Waals surface area contributed by atoms with Gasteiger partial charge in [0, 0.05) is 38.3 Å². The van der Waals surface area contributed by atoms with Crippen LogP contribution >= 0.6 is 0 Å². The van der Waals surface area contributed by atoms with E-state index in [1.165, 1.54) is 51.6 Å². The summed E-state index contributed by atoms with van der Waals surface area (Å²) in [6.07, 6.45) is 7.26. The van der Waals surface area contributed by atoms with E-state index in [1.807, 2.05) is 0 Å². The van der Waals surface area contributed by atoms with Crippen LogP contribution in [0.15, 0.2) is 0 Å². The van der Waals surface area contributed by atoms with Crippen LogP contribution in [0.5, 0.6) is 0 Å². The third-order valence-corrected chi connectivity index (χ3v) is 4.71. The summed E-state index contributed by atoms with van der Waals surface area (Å²) in [5, 5.41) is 9.75. The van der Waals surface area contributed by atoms with Gasteiger partial charge in [-0.2, -0.15) is 0 Å². The Labute approximate surface area is 112 Å². The van der Waals surface area contributed by atoms with Crippen molar-refractivity contribution in [2.24, 2.45) is 11.3 Å². The average molecular weight is 255 g/mol. The van der Waals surface area contributed by atoms with Crippen LogP contribution in [0.1, 0.15) is 45.4 Å². The Balaban J connectivity index is 1.85. The molecule has 2 aliphatic rings. The molecule has 106 valence electrons. The molecule has 2 aliphatic heterocycles. The first-order valence-electron chi connectivity index (χ1n) is 7.69. The summed E-state index contributed by atoms with van der Waals surface area (Å²) in [7, 11) is 0. The van der Waals surface area contributed by atoms with E-state index in [0.29, 0.717) is 6.61 Å². The monoisotopic (exact) mass is 255 g/mol. The van der Waals surface area contributed by atoms with Gasteiger partial charge < -0.3 is 14.7 Å². The van der Waals surface area contributed by atoms with Crippen molar-refractivity contribution >= 4 is 0 Å². The highest BCUT2D eigenvalue weighted by atomic mass is 16.5. The molecule has 18 heavy (non-hydrogen) atoms. The van der Waals surface area contributed by atoms with Gasteiger partial charge in [-0.05, 0) is 44.6 Å². The Hall–Kier alpha value is -0.120. The Morgan fingerprint density at radius 2 is 2.11 bits per heavy atom. The van der Waals surface area contributed by atoms with Gasteiger partial charge in [0.1, 0.15) is 0 Å². The lowest BCUT2D eigenvalue weighted by molar-refractivity contribution is 0.00276. The minimum atomic E-state index is 0.193. The van der Waals surface area contributed by atoms with E-state index in [0.717, 1.165) is 25.7 Å². The van der Waals surface area contributed by atoms with Gasteiger partial charge in [0.2, 0.25) is 0 Å². The molecule has 2 fully saturated rings. The predicted molar refractivity (Wildman–Crippen MR) is 73.6 cm³/mol. The van der Waals surface area contributed by atoms with Crippen molar-refractivity contribution in [3.8, 4) is 0 Å². The Kier molecular flexibility index (Phi) is 5.46. The van der Waals surface area contributed by atoms with Crippen molar-refractivity contribution in [2.75, 3.05) is 39.5 Å². The van der Waals surface area contributed by atoms with Crippen LogP contribution in [0.2, 0.25) is 0 Å². The van der Waals surface area contributed by atoms with Crippen molar-refractivity contribution in [3.63, 3.8) is 0 Å². The minimum Gasteiger partial charge on any atom is -0.396 e. The molecule has 3 nitrogen and oxygen atoms in total. The van der Waals surface area contributed by atoms with Gasteiger partial charge in [0.25, 0.3) is 0 Å². The van der Waals surface area contributed by atoms with Crippen molar-refractivity contribution in [2.45, 2.75) is 45.4 Å². The Bertz CT molecular complexity index is 237. The number of aliphatic hydroxyl groups is 1. The van der Waals surface area contributed by atoms with Gasteiger partial charge in [0.15, 0.2) is 0 Å². The highest BCUT2D eigenvalue weighted by Gasteiger charge is 2.34. The van der Waals surface area contributed by atoms with Crippen LogP contribution in [-0.4, -0.2) is 49.5 Å². The van der Waals surface area contributed by atoms with Crippen molar-refractivity contribution in [1.29, 1.82) is 0 Å². The van der Waals surface area contributed by atoms with E-state index in [-0.39, 0.29) is 5.41 Å². The number of likely N-dealkylation sites (tertiary alicyclic amines) is 1. The molecule has 0 amide bonds. The topological polar surface area (TPSA) is 32.7 Å². The fraction of sp³-hybridized carbons (Fsp3) is 1.00. The molecular weight excluding hydrogens is 226 g/mol. The van der Waals surface area contributed by atoms with E-state index in [9.17, 15) is 5.11 Å². The van der Waals surface area contributed by atoms with E-state index >= 15 is 0 Å². The summed E-state index contributed by atoms with van der Waals surface area (Å²) in [4.78, 5) is 2.60.